The van der Waals surface area contributed by atoms with E-state index >= 15 is 0 Å². The van der Waals surface area contributed by atoms with Gasteiger partial charge in [0.2, 0.25) is 0 Å². The van der Waals surface area contributed by atoms with Crippen LogP contribution in [0.25, 0.3) is 0 Å². The maximum absolute atomic E-state index is 6.78. The largest absolute Gasteiger partial charge is 0.454 e. The zero-order chi connectivity index (χ0) is 25.2. The number of anilines is 3. The van der Waals surface area contributed by atoms with Gasteiger partial charge < -0.3 is 9.64 Å². The summed E-state index contributed by atoms with van der Waals surface area (Å²) in [5.74, 6) is 1.71. The van der Waals surface area contributed by atoms with E-state index in [1.807, 2.05) is 6.07 Å². The molecule has 2 aliphatic heterocycles. The van der Waals surface area contributed by atoms with Gasteiger partial charge in [0, 0.05) is 22.1 Å². The van der Waals surface area contributed by atoms with Gasteiger partial charge in [0.25, 0.3) is 0 Å². The van der Waals surface area contributed by atoms with Crippen LogP contribution >= 0.6 is 6.04 Å². The number of hydrogen-bond donors (Lipinski definition) is 0. The smallest absolute Gasteiger partial charge is 0.160 e. The van der Waals surface area contributed by atoms with E-state index in [9.17, 15) is 0 Å². The van der Waals surface area contributed by atoms with Gasteiger partial charge in [0.1, 0.15) is 5.75 Å². The van der Waals surface area contributed by atoms with E-state index < -0.39 is 6.04 Å². The zero-order valence-electron chi connectivity index (χ0n) is 20.8. The fourth-order valence-electron chi connectivity index (χ4n) is 5.93. The van der Waals surface area contributed by atoms with Crippen molar-refractivity contribution in [2.45, 2.75) is 19.3 Å². The molecule has 1 atom stereocenters. The lowest BCUT2D eigenvalue weighted by Crippen LogP contribution is -2.33. The predicted octanol–water partition coefficient (Wildman–Crippen LogP) is 7.66. The Morgan fingerprint density at radius 3 is 1.84 bits per heavy atom. The van der Waals surface area contributed by atoms with E-state index in [0.29, 0.717) is 0 Å². The lowest BCUT2D eigenvalue weighted by Gasteiger charge is -2.43. The third kappa shape index (κ3) is 3.14. The van der Waals surface area contributed by atoms with E-state index in [4.69, 9.17) is 16.5 Å². The van der Waals surface area contributed by atoms with Gasteiger partial charge in [-0.2, -0.15) is 0 Å². The molecule has 0 spiro atoms. The number of hydrogen-bond acceptors (Lipinski definition) is 3. The average molecular weight is 516 g/mol. The second kappa shape index (κ2) is 8.18. The third-order valence-electron chi connectivity index (χ3n) is 7.73. The van der Waals surface area contributed by atoms with E-state index in [2.05, 4.69) is 134 Å². The Morgan fingerprint density at radius 1 is 0.595 bits per heavy atom. The number of para-hydroxylation sites is 4. The van der Waals surface area contributed by atoms with Crippen LogP contribution < -0.4 is 25.6 Å². The number of ether oxygens (including phenoxy) is 1. The Labute approximate surface area is 223 Å². The van der Waals surface area contributed by atoms with Crippen molar-refractivity contribution < 1.29 is 4.74 Å². The first-order valence-corrected chi connectivity index (χ1v) is 15.4. The quantitative estimate of drug-likeness (QED) is 0.220. The number of rotatable bonds is 2. The first-order chi connectivity index (χ1) is 18.0. The molecule has 4 heteroatoms. The predicted molar refractivity (Wildman–Crippen MR) is 159 cm³/mol. The Morgan fingerprint density at radius 2 is 1.14 bits per heavy atom. The minimum absolute atomic E-state index is 0.120. The highest BCUT2D eigenvalue weighted by atomic mass is 32.4. The lowest BCUT2D eigenvalue weighted by atomic mass is 9.73. The van der Waals surface area contributed by atoms with Gasteiger partial charge in [-0.1, -0.05) is 111 Å². The Hall–Kier alpha value is -3.65. The summed E-state index contributed by atoms with van der Waals surface area (Å²) in [6.45, 7) is 4.62. The van der Waals surface area contributed by atoms with Gasteiger partial charge in [-0.25, -0.2) is 0 Å². The van der Waals surface area contributed by atoms with Gasteiger partial charge in [-0.3, -0.25) is 0 Å². The SMILES string of the molecule is CC1(C)c2ccccc2N(c2cccc3c2Oc2ccccc2P3(=S)c2ccccc2)c2ccccc21. The molecule has 0 N–H and O–H groups in total. The molecular weight excluding hydrogens is 489 g/mol. The first kappa shape index (κ1) is 22.5. The van der Waals surface area contributed by atoms with Crippen molar-refractivity contribution in [3.63, 3.8) is 0 Å². The first-order valence-electron chi connectivity index (χ1n) is 12.6. The zero-order valence-corrected chi connectivity index (χ0v) is 22.5. The van der Waals surface area contributed by atoms with Crippen LogP contribution in [0.1, 0.15) is 25.0 Å². The van der Waals surface area contributed by atoms with Gasteiger partial charge in [0.05, 0.1) is 17.1 Å². The molecule has 0 saturated carbocycles. The van der Waals surface area contributed by atoms with Crippen LogP contribution in [0.4, 0.5) is 17.1 Å². The Balaban J connectivity index is 1.54. The number of benzene rings is 5. The van der Waals surface area contributed by atoms with E-state index in [-0.39, 0.29) is 5.41 Å². The molecule has 0 radical (unpaired) electrons. The lowest BCUT2D eigenvalue weighted by molar-refractivity contribution is 0.489. The second-order valence-corrected chi connectivity index (χ2v) is 14.5. The Bertz CT molecular complexity index is 1680. The minimum atomic E-state index is -2.34. The molecule has 7 rings (SSSR count). The normalized spacial score (nSPS) is 18.6. The van der Waals surface area contributed by atoms with E-state index in [0.717, 1.165) is 27.8 Å². The molecule has 2 nitrogen and oxygen atoms in total. The van der Waals surface area contributed by atoms with Crippen LogP contribution in [-0.2, 0) is 17.2 Å². The summed E-state index contributed by atoms with van der Waals surface area (Å²) in [5, 5.41) is 3.39. The Kier molecular flexibility index (Phi) is 4.98. The van der Waals surface area contributed by atoms with Crippen LogP contribution in [0.2, 0.25) is 0 Å². The van der Waals surface area contributed by atoms with Gasteiger partial charge in [-0.15, -0.1) is 0 Å². The molecule has 2 heterocycles. The summed E-state index contributed by atoms with van der Waals surface area (Å²) in [6.07, 6.45) is 0. The molecule has 180 valence electrons. The topological polar surface area (TPSA) is 12.5 Å². The maximum Gasteiger partial charge on any atom is 0.160 e. The van der Waals surface area contributed by atoms with Gasteiger partial charge >= 0.3 is 0 Å². The fraction of sp³-hybridized carbons (Fsp3) is 0.0909. The second-order valence-electron chi connectivity index (χ2n) is 10.1. The summed E-state index contributed by atoms with van der Waals surface area (Å²) in [6, 6.07) is 40.5. The monoisotopic (exact) mass is 515 g/mol. The van der Waals surface area contributed by atoms with Crippen molar-refractivity contribution in [2.75, 3.05) is 4.90 Å². The molecule has 0 aliphatic carbocycles. The molecule has 0 fully saturated rings. The number of fused-ring (bicyclic) bond motifs is 4. The summed E-state index contributed by atoms with van der Waals surface area (Å²) in [4.78, 5) is 2.37. The standard InChI is InChI=1S/C33H26NOPS/c1-33(2)24-15-6-8-17-26(24)34(27-18-9-7-16-25(27)33)28-19-12-22-31-32(28)35-29-20-10-11-21-30(29)36(31,37)23-13-4-3-5-14-23/h3-22H,1-2H3. The molecule has 5 aromatic carbocycles. The molecule has 0 amide bonds. The average Bonchev–Trinajstić information content (AvgIpc) is 2.94. The molecule has 0 aromatic heterocycles. The van der Waals surface area contributed by atoms with Crippen LogP contribution in [-0.4, -0.2) is 0 Å². The summed E-state index contributed by atoms with van der Waals surface area (Å²) in [5.41, 5.74) is 5.85. The molecule has 1 unspecified atom stereocenters. The van der Waals surface area contributed by atoms with Crippen LogP contribution in [0.15, 0.2) is 121 Å². The van der Waals surface area contributed by atoms with Gasteiger partial charge in [-0.05, 0) is 52.8 Å². The summed E-state index contributed by atoms with van der Waals surface area (Å²) >= 11 is 6.70. The fourth-order valence-corrected chi connectivity index (χ4v) is 10.1. The molecule has 0 saturated heterocycles. The van der Waals surface area contributed by atoms with E-state index in [1.54, 1.807) is 0 Å². The molecule has 0 bridgehead atoms. The number of nitrogens with zero attached hydrogens (tertiary/aromatic N) is 1. The highest BCUT2D eigenvalue weighted by Crippen LogP contribution is 2.58. The van der Waals surface area contributed by atoms with E-state index in [1.165, 1.54) is 27.8 Å². The van der Waals surface area contributed by atoms with Crippen LogP contribution in [0, 0.1) is 0 Å². The van der Waals surface area contributed by atoms with Crippen molar-refractivity contribution >= 4 is 50.8 Å². The van der Waals surface area contributed by atoms with Crippen molar-refractivity contribution in [3.8, 4) is 11.5 Å². The molecule has 2 aliphatic rings. The highest BCUT2D eigenvalue weighted by Gasteiger charge is 2.40. The maximum atomic E-state index is 6.78. The minimum Gasteiger partial charge on any atom is -0.454 e. The van der Waals surface area contributed by atoms with Gasteiger partial charge in [0.15, 0.2) is 5.75 Å². The van der Waals surface area contributed by atoms with Crippen molar-refractivity contribution in [1.29, 1.82) is 0 Å². The van der Waals surface area contributed by atoms with Crippen molar-refractivity contribution in [1.82, 2.24) is 0 Å². The summed E-state index contributed by atoms with van der Waals surface area (Å²) < 4.78 is 6.78. The molecular formula is C33H26NOPS. The van der Waals surface area contributed by atoms with Crippen molar-refractivity contribution in [2.24, 2.45) is 0 Å². The molecule has 5 aromatic rings. The van der Waals surface area contributed by atoms with Crippen LogP contribution in [0.3, 0.4) is 0 Å². The highest BCUT2D eigenvalue weighted by molar-refractivity contribution is 8.25. The van der Waals surface area contributed by atoms with Crippen LogP contribution in [0.5, 0.6) is 11.5 Å². The van der Waals surface area contributed by atoms with Crippen molar-refractivity contribution in [3.05, 3.63) is 132 Å². The summed E-state index contributed by atoms with van der Waals surface area (Å²) in [7, 11) is 0. The molecule has 37 heavy (non-hydrogen) atoms. The third-order valence-corrected chi connectivity index (χ3v) is 12.6.